The lowest BCUT2D eigenvalue weighted by molar-refractivity contribution is -0.384. The molecule has 1 atom stereocenters. The Kier molecular flexibility index (Phi) is 6.05. The fourth-order valence-corrected chi connectivity index (χ4v) is 3.41. The number of hydrogen-bond donors (Lipinski definition) is 1. The summed E-state index contributed by atoms with van der Waals surface area (Å²) in [6.45, 7) is 4.28. The Morgan fingerprint density at radius 3 is 2.50 bits per heavy atom. The molecule has 0 saturated carbocycles. The summed E-state index contributed by atoms with van der Waals surface area (Å²) in [6.07, 6.45) is 0. The highest BCUT2D eigenvalue weighted by molar-refractivity contribution is 8.00. The lowest BCUT2D eigenvalue weighted by atomic mass is 10.2. The van der Waals surface area contributed by atoms with E-state index in [2.05, 4.69) is 15.5 Å². The third kappa shape index (κ3) is 4.74. The fraction of sp³-hybridized carbons (Fsp3) is 0.211. The van der Waals surface area contributed by atoms with Crippen molar-refractivity contribution in [2.45, 2.75) is 30.8 Å². The number of nitro benzene ring substituents is 1. The molecule has 0 bridgehead atoms. The second-order valence-electron chi connectivity index (χ2n) is 6.15. The molecular formula is C19H19N5O3S. The Labute approximate surface area is 166 Å². The smallest absolute Gasteiger partial charge is 0.269 e. The van der Waals surface area contributed by atoms with Crippen LogP contribution in [0.5, 0.6) is 0 Å². The third-order valence-corrected chi connectivity index (χ3v) is 5.16. The van der Waals surface area contributed by atoms with Crippen LogP contribution in [0, 0.1) is 17.0 Å². The van der Waals surface area contributed by atoms with Crippen LogP contribution in [0.25, 0.3) is 0 Å². The zero-order chi connectivity index (χ0) is 20.1. The standard InChI is InChI=1S/C19H19N5O3S/c1-13(18(25)20-16-8-10-17(11-9-16)24(26)27)28-19-22-21-14(2)23(19)12-15-6-4-3-5-7-15/h3-11,13H,12H2,1-2H3,(H,20,25). The molecule has 1 amide bonds. The molecule has 9 heteroatoms. The van der Waals surface area contributed by atoms with E-state index < -0.39 is 10.2 Å². The van der Waals surface area contributed by atoms with E-state index in [1.54, 1.807) is 6.92 Å². The second-order valence-corrected chi connectivity index (χ2v) is 7.46. The highest BCUT2D eigenvalue weighted by Gasteiger charge is 2.19. The van der Waals surface area contributed by atoms with Gasteiger partial charge >= 0.3 is 0 Å². The molecule has 0 aliphatic rings. The summed E-state index contributed by atoms with van der Waals surface area (Å²) in [5, 5.41) is 22.0. The van der Waals surface area contributed by atoms with E-state index in [9.17, 15) is 14.9 Å². The number of carbonyl (C=O) groups excluding carboxylic acids is 1. The van der Waals surface area contributed by atoms with Gasteiger partial charge in [-0.2, -0.15) is 0 Å². The second kappa shape index (κ2) is 8.66. The van der Waals surface area contributed by atoms with E-state index >= 15 is 0 Å². The number of thioether (sulfide) groups is 1. The zero-order valence-corrected chi connectivity index (χ0v) is 16.2. The molecule has 0 saturated heterocycles. The number of aromatic nitrogens is 3. The van der Waals surface area contributed by atoms with Crippen LogP contribution in [0.15, 0.2) is 59.8 Å². The van der Waals surface area contributed by atoms with Crippen molar-refractivity contribution in [2.75, 3.05) is 5.32 Å². The Hall–Kier alpha value is -3.20. The normalized spacial score (nSPS) is 11.8. The van der Waals surface area contributed by atoms with Crippen molar-refractivity contribution in [2.24, 2.45) is 0 Å². The van der Waals surface area contributed by atoms with Gasteiger partial charge in [0.2, 0.25) is 5.91 Å². The van der Waals surface area contributed by atoms with Crippen LogP contribution in [-0.2, 0) is 11.3 Å². The van der Waals surface area contributed by atoms with Crippen molar-refractivity contribution in [1.29, 1.82) is 0 Å². The van der Waals surface area contributed by atoms with Gasteiger partial charge in [0.25, 0.3) is 5.69 Å². The molecular weight excluding hydrogens is 378 g/mol. The van der Waals surface area contributed by atoms with Gasteiger partial charge in [-0.15, -0.1) is 10.2 Å². The number of amides is 1. The third-order valence-electron chi connectivity index (χ3n) is 4.08. The van der Waals surface area contributed by atoms with Gasteiger partial charge in [-0.1, -0.05) is 42.1 Å². The van der Waals surface area contributed by atoms with Crippen LogP contribution in [0.3, 0.4) is 0 Å². The van der Waals surface area contributed by atoms with Gasteiger partial charge in [0.1, 0.15) is 5.82 Å². The van der Waals surface area contributed by atoms with E-state index in [0.29, 0.717) is 17.4 Å². The molecule has 1 aromatic heterocycles. The van der Waals surface area contributed by atoms with Crippen LogP contribution in [-0.4, -0.2) is 30.8 Å². The van der Waals surface area contributed by atoms with Gasteiger partial charge < -0.3 is 9.88 Å². The molecule has 1 heterocycles. The molecule has 0 aliphatic heterocycles. The van der Waals surface area contributed by atoms with Crippen molar-refractivity contribution in [3.63, 3.8) is 0 Å². The first-order chi connectivity index (χ1) is 13.4. The maximum absolute atomic E-state index is 12.5. The largest absolute Gasteiger partial charge is 0.325 e. The maximum atomic E-state index is 12.5. The molecule has 0 fully saturated rings. The monoisotopic (exact) mass is 397 g/mol. The highest BCUT2D eigenvalue weighted by atomic mass is 32.2. The predicted molar refractivity (Wildman–Crippen MR) is 107 cm³/mol. The summed E-state index contributed by atoms with van der Waals surface area (Å²) < 4.78 is 1.97. The SMILES string of the molecule is Cc1nnc(SC(C)C(=O)Nc2ccc([N+](=O)[O-])cc2)n1Cc1ccccc1. The van der Waals surface area contributed by atoms with Crippen LogP contribution >= 0.6 is 11.8 Å². The van der Waals surface area contributed by atoms with Gasteiger partial charge in [0.15, 0.2) is 5.16 Å². The van der Waals surface area contributed by atoms with Crippen molar-refractivity contribution in [3.05, 3.63) is 76.1 Å². The van der Waals surface area contributed by atoms with Gasteiger partial charge in [-0.3, -0.25) is 14.9 Å². The van der Waals surface area contributed by atoms with E-state index in [4.69, 9.17) is 0 Å². The number of anilines is 1. The number of non-ortho nitro benzene ring substituents is 1. The van der Waals surface area contributed by atoms with Crippen molar-refractivity contribution < 1.29 is 9.72 Å². The summed E-state index contributed by atoms with van der Waals surface area (Å²) in [5.41, 5.74) is 1.60. The van der Waals surface area contributed by atoms with E-state index in [1.807, 2.05) is 41.8 Å². The molecule has 2 aromatic carbocycles. The summed E-state index contributed by atoms with van der Waals surface area (Å²) in [7, 11) is 0. The number of nitro groups is 1. The molecule has 0 radical (unpaired) electrons. The number of aryl methyl sites for hydroxylation is 1. The Morgan fingerprint density at radius 2 is 1.86 bits per heavy atom. The van der Waals surface area contributed by atoms with Gasteiger partial charge in [-0.25, -0.2) is 0 Å². The number of nitrogens with zero attached hydrogens (tertiary/aromatic N) is 4. The minimum atomic E-state index is -0.480. The number of hydrogen-bond acceptors (Lipinski definition) is 6. The molecule has 28 heavy (non-hydrogen) atoms. The van der Waals surface area contributed by atoms with Crippen molar-refractivity contribution >= 4 is 29.0 Å². The maximum Gasteiger partial charge on any atom is 0.269 e. The van der Waals surface area contributed by atoms with Crippen molar-refractivity contribution in [3.8, 4) is 0 Å². The Balaban J connectivity index is 1.66. The average Bonchev–Trinajstić information content (AvgIpc) is 3.02. The molecule has 8 nitrogen and oxygen atoms in total. The lowest BCUT2D eigenvalue weighted by Crippen LogP contribution is -2.23. The van der Waals surface area contributed by atoms with Gasteiger partial charge in [0, 0.05) is 17.8 Å². The average molecular weight is 397 g/mol. The number of nitrogens with one attached hydrogen (secondary N) is 1. The number of benzene rings is 2. The van der Waals surface area contributed by atoms with Gasteiger partial charge in [0.05, 0.1) is 16.7 Å². The van der Waals surface area contributed by atoms with Crippen LogP contribution < -0.4 is 5.32 Å². The minimum absolute atomic E-state index is 0.0232. The van der Waals surface area contributed by atoms with E-state index in [0.717, 1.165) is 11.4 Å². The Morgan fingerprint density at radius 1 is 1.18 bits per heavy atom. The minimum Gasteiger partial charge on any atom is -0.325 e. The summed E-state index contributed by atoms with van der Waals surface area (Å²) >= 11 is 1.31. The first-order valence-electron chi connectivity index (χ1n) is 8.59. The zero-order valence-electron chi connectivity index (χ0n) is 15.4. The molecule has 0 spiro atoms. The molecule has 1 unspecified atom stereocenters. The van der Waals surface area contributed by atoms with Crippen LogP contribution in [0.4, 0.5) is 11.4 Å². The van der Waals surface area contributed by atoms with E-state index in [-0.39, 0.29) is 11.6 Å². The first kappa shape index (κ1) is 19.6. The summed E-state index contributed by atoms with van der Waals surface area (Å²) in [4.78, 5) is 22.7. The lowest BCUT2D eigenvalue weighted by Gasteiger charge is -2.13. The first-order valence-corrected chi connectivity index (χ1v) is 9.47. The quantitative estimate of drug-likeness (QED) is 0.371. The van der Waals surface area contributed by atoms with Gasteiger partial charge in [-0.05, 0) is 31.5 Å². The topological polar surface area (TPSA) is 103 Å². The number of rotatable bonds is 7. The van der Waals surface area contributed by atoms with E-state index in [1.165, 1.54) is 36.0 Å². The summed E-state index contributed by atoms with van der Waals surface area (Å²) in [6, 6.07) is 15.7. The fourth-order valence-electron chi connectivity index (χ4n) is 2.52. The number of carbonyl (C=O) groups is 1. The molecule has 3 aromatic rings. The van der Waals surface area contributed by atoms with Crippen LogP contribution in [0.1, 0.15) is 18.3 Å². The molecule has 3 rings (SSSR count). The summed E-state index contributed by atoms with van der Waals surface area (Å²) in [5.74, 6) is 0.556. The molecule has 144 valence electrons. The highest BCUT2D eigenvalue weighted by Crippen LogP contribution is 2.24. The molecule has 0 aliphatic carbocycles. The van der Waals surface area contributed by atoms with Crippen LogP contribution in [0.2, 0.25) is 0 Å². The Bertz CT molecular complexity index is 973. The van der Waals surface area contributed by atoms with Crippen molar-refractivity contribution in [1.82, 2.24) is 14.8 Å². The molecule has 1 N–H and O–H groups in total. The predicted octanol–water partition coefficient (Wildman–Crippen LogP) is 3.66.